The maximum Gasteiger partial charge on any atom is 0.144 e. The van der Waals surface area contributed by atoms with Gasteiger partial charge >= 0.3 is 0 Å². The minimum Gasteiger partial charge on any atom is -0.392 e. The summed E-state index contributed by atoms with van der Waals surface area (Å²) in [4.78, 5) is 11.5. The number of hydrogen-bond donors (Lipinski definition) is 1. The molecule has 0 radical (unpaired) electrons. The third kappa shape index (κ3) is 0.639. The Hall–Kier alpha value is -0.370. The van der Waals surface area contributed by atoms with Crippen molar-refractivity contribution in [3.8, 4) is 0 Å². The molecule has 4 atom stereocenters. The van der Waals surface area contributed by atoms with Gasteiger partial charge in [0.1, 0.15) is 5.78 Å². The predicted octanol–water partition coefficient (Wildman–Crippen LogP) is 0.838. The van der Waals surface area contributed by atoms with Crippen molar-refractivity contribution in [2.24, 2.45) is 23.2 Å². The third-order valence-corrected chi connectivity index (χ3v) is 3.49. The molecule has 2 aliphatic rings. The highest BCUT2D eigenvalue weighted by Gasteiger charge is 2.67. The molecule has 0 heterocycles. The molecule has 2 fully saturated rings. The van der Waals surface area contributed by atoms with Crippen LogP contribution in [0.25, 0.3) is 0 Å². The van der Waals surface area contributed by atoms with Crippen LogP contribution in [0.3, 0.4) is 0 Å². The summed E-state index contributed by atoms with van der Waals surface area (Å²) in [7, 11) is 0. The maximum absolute atomic E-state index is 11.5. The minimum absolute atomic E-state index is 0.181. The monoisotopic (exact) mass is 154 g/mol. The Morgan fingerprint density at radius 2 is 2.00 bits per heavy atom. The molecule has 0 aromatic heterocycles. The molecule has 0 unspecified atom stereocenters. The highest BCUT2D eigenvalue weighted by atomic mass is 16.3. The lowest BCUT2D eigenvalue weighted by molar-refractivity contribution is -0.130. The number of hydrogen-bond acceptors (Lipinski definition) is 2. The molecular weight excluding hydrogens is 140 g/mol. The van der Waals surface area contributed by atoms with Crippen LogP contribution in [0.4, 0.5) is 0 Å². The molecule has 2 rings (SSSR count). The van der Waals surface area contributed by atoms with Gasteiger partial charge in [0.05, 0.1) is 6.10 Å². The van der Waals surface area contributed by atoms with Crippen molar-refractivity contribution in [1.82, 2.24) is 0 Å². The Morgan fingerprint density at radius 1 is 1.45 bits per heavy atom. The number of aliphatic hydroxyl groups is 1. The number of aliphatic hydroxyl groups excluding tert-OH is 1. The van der Waals surface area contributed by atoms with Crippen molar-refractivity contribution in [3.63, 3.8) is 0 Å². The summed E-state index contributed by atoms with van der Waals surface area (Å²) in [6.45, 7) is 5.74. The van der Waals surface area contributed by atoms with E-state index in [9.17, 15) is 9.90 Å². The van der Waals surface area contributed by atoms with Crippen LogP contribution in [0.1, 0.15) is 20.8 Å². The summed E-state index contributed by atoms with van der Waals surface area (Å²) in [5.41, 5.74) is -0.470. The van der Waals surface area contributed by atoms with Gasteiger partial charge in [-0.3, -0.25) is 4.79 Å². The van der Waals surface area contributed by atoms with E-state index in [1.807, 2.05) is 20.8 Å². The first-order chi connectivity index (χ1) is 4.98. The molecule has 0 aromatic rings. The molecule has 62 valence electrons. The molecular formula is C9H14O2. The van der Waals surface area contributed by atoms with Gasteiger partial charge < -0.3 is 5.11 Å². The molecule has 0 aromatic carbocycles. The van der Waals surface area contributed by atoms with E-state index < -0.39 is 11.5 Å². The SMILES string of the molecule is C[C@H]1[C@@H]2C(=O)C(C)(C)[C@@H](O)[C@H]12. The third-order valence-electron chi connectivity index (χ3n) is 3.49. The first-order valence-corrected chi connectivity index (χ1v) is 4.20. The number of carbonyl (C=O) groups is 1. The molecule has 0 aliphatic heterocycles. The Kier molecular flexibility index (Phi) is 1.12. The molecule has 2 aliphatic carbocycles. The second kappa shape index (κ2) is 1.69. The zero-order valence-electron chi connectivity index (χ0n) is 7.16. The van der Waals surface area contributed by atoms with Crippen LogP contribution in [0.5, 0.6) is 0 Å². The minimum atomic E-state index is -0.470. The van der Waals surface area contributed by atoms with E-state index in [2.05, 4.69) is 0 Å². The Labute approximate surface area is 66.6 Å². The van der Waals surface area contributed by atoms with Gasteiger partial charge in [-0.25, -0.2) is 0 Å². The van der Waals surface area contributed by atoms with Gasteiger partial charge in [0.15, 0.2) is 0 Å². The van der Waals surface area contributed by atoms with Crippen molar-refractivity contribution in [2.45, 2.75) is 26.9 Å². The van der Waals surface area contributed by atoms with E-state index in [4.69, 9.17) is 0 Å². The van der Waals surface area contributed by atoms with Gasteiger partial charge in [0.25, 0.3) is 0 Å². The highest BCUT2D eigenvalue weighted by molar-refractivity contribution is 5.93. The molecule has 0 spiro atoms. The largest absolute Gasteiger partial charge is 0.392 e. The zero-order valence-corrected chi connectivity index (χ0v) is 7.16. The Balaban J connectivity index is 2.30. The Morgan fingerprint density at radius 3 is 2.27 bits per heavy atom. The van der Waals surface area contributed by atoms with Crippen LogP contribution in [-0.2, 0) is 4.79 Å². The number of carbonyl (C=O) groups excluding carboxylic acids is 1. The molecule has 0 amide bonds. The molecule has 11 heavy (non-hydrogen) atoms. The van der Waals surface area contributed by atoms with Gasteiger partial charge in [-0.2, -0.15) is 0 Å². The average Bonchev–Trinajstić information content (AvgIpc) is 2.52. The van der Waals surface area contributed by atoms with Crippen LogP contribution < -0.4 is 0 Å². The van der Waals surface area contributed by atoms with E-state index in [0.29, 0.717) is 5.92 Å². The van der Waals surface area contributed by atoms with Crippen LogP contribution >= 0.6 is 0 Å². The molecule has 2 heteroatoms. The summed E-state index contributed by atoms with van der Waals surface area (Å²) >= 11 is 0. The summed E-state index contributed by atoms with van der Waals surface area (Å²) in [6, 6.07) is 0. The lowest BCUT2D eigenvalue weighted by atomic mass is 9.83. The van der Waals surface area contributed by atoms with Gasteiger partial charge in [0.2, 0.25) is 0 Å². The number of fused-ring (bicyclic) bond motifs is 1. The lowest BCUT2D eigenvalue weighted by Gasteiger charge is -2.24. The fourth-order valence-electron chi connectivity index (χ4n) is 2.45. The topological polar surface area (TPSA) is 37.3 Å². The second-order valence-electron chi connectivity index (χ2n) is 4.49. The summed E-state index contributed by atoms with van der Waals surface area (Å²) in [5.74, 6) is 1.16. The summed E-state index contributed by atoms with van der Waals surface area (Å²) in [6.07, 6.45) is -0.394. The summed E-state index contributed by atoms with van der Waals surface area (Å²) in [5, 5.41) is 9.69. The van der Waals surface area contributed by atoms with E-state index in [1.54, 1.807) is 0 Å². The fraction of sp³-hybridized carbons (Fsp3) is 0.889. The summed E-state index contributed by atoms with van der Waals surface area (Å²) < 4.78 is 0. The van der Waals surface area contributed by atoms with Gasteiger partial charge in [-0.15, -0.1) is 0 Å². The molecule has 0 bridgehead atoms. The highest BCUT2D eigenvalue weighted by Crippen LogP contribution is 2.61. The van der Waals surface area contributed by atoms with E-state index in [-0.39, 0.29) is 17.6 Å². The van der Waals surface area contributed by atoms with Crippen molar-refractivity contribution in [3.05, 3.63) is 0 Å². The van der Waals surface area contributed by atoms with Gasteiger partial charge in [-0.05, 0) is 11.8 Å². The van der Waals surface area contributed by atoms with Crippen LogP contribution in [0.2, 0.25) is 0 Å². The molecule has 2 saturated carbocycles. The maximum atomic E-state index is 11.5. The first kappa shape index (κ1) is 7.29. The molecule has 2 nitrogen and oxygen atoms in total. The second-order valence-corrected chi connectivity index (χ2v) is 4.49. The molecule has 0 saturated heterocycles. The number of rotatable bonds is 0. The van der Waals surface area contributed by atoms with E-state index in [1.165, 1.54) is 0 Å². The van der Waals surface area contributed by atoms with Crippen molar-refractivity contribution in [1.29, 1.82) is 0 Å². The van der Waals surface area contributed by atoms with Crippen LogP contribution in [0.15, 0.2) is 0 Å². The van der Waals surface area contributed by atoms with Crippen LogP contribution in [0, 0.1) is 23.2 Å². The van der Waals surface area contributed by atoms with Crippen molar-refractivity contribution >= 4 is 5.78 Å². The van der Waals surface area contributed by atoms with Gasteiger partial charge in [0, 0.05) is 11.3 Å². The van der Waals surface area contributed by atoms with Crippen molar-refractivity contribution < 1.29 is 9.90 Å². The number of Topliss-reactive ketones (excluding diaryl/α,β-unsaturated/α-hetero) is 1. The standard InChI is InChI=1S/C9H14O2/c1-4-5-6(4)8(11)9(2,3)7(5)10/h4-7,10H,1-3H3/t4-,5-,6+,7+/m1/s1. The fourth-order valence-corrected chi connectivity index (χ4v) is 2.45. The smallest absolute Gasteiger partial charge is 0.144 e. The van der Waals surface area contributed by atoms with Crippen LogP contribution in [-0.4, -0.2) is 17.0 Å². The van der Waals surface area contributed by atoms with E-state index in [0.717, 1.165) is 0 Å². The number of ketones is 1. The van der Waals surface area contributed by atoms with E-state index >= 15 is 0 Å². The lowest BCUT2D eigenvalue weighted by Crippen LogP contribution is -2.34. The van der Waals surface area contributed by atoms with Gasteiger partial charge in [-0.1, -0.05) is 20.8 Å². The predicted molar refractivity (Wildman–Crippen MR) is 40.9 cm³/mol. The normalized spacial score (nSPS) is 52.5. The zero-order chi connectivity index (χ0) is 8.39. The first-order valence-electron chi connectivity index (χ1n) is 4.20. The quantitative estimate of drug-likeness (QED) is 0.561. The van der Waals surface area contributed by atoms with Crippen molar-refractivity contribution in [2.75, 3.05) is 0 Å². The average molecular weight is 154 g/mol. The molecule has 1 N–H and O–H groups in total. The Bertz CT molecular complexity index is 220.